The lowest BCUT2D eigenvalue weighted by Gasteiger charge is -2.23. The number of halogens is 1. The molecule has 1 fully saturated rings. The van der Waals surface area contributed by atoms with Crippen LogP contribution in [0.2, 0.25) is 0 Å². The van der Waals surface area contributed by atoms with Crippen molar-refractivity contribution in [3.63, 3.8) is 0 Å². The molecule has 0 spiro atoms. The maximum Gasteiger partial charge on any atom is 0.337 e. The molecule has 1 aromatic rings. The number of rotatable bonds is 6. The number of methoxy groups -OCH3 is 1. The lowest BCUT2D eigenvalue weighted by molar-refractivity contribution is 0.0698. The van der Waals surface area contributed by atoms with Crippen molar-refractivity contribution in [2.24, 2.45) is 0 Å². The van der Waals surface area contributed by atoms with Crippen LogP contribution in [0.25, 0.3) is 0 Å². The summed E-state index contributed by atoms with van der Waals surface area (Å²) in [6, 6.07) is 4.60. The predicted molar refractivity (Wildman–Crippen MR) is 81.7 cm³/mol. The van der Waals surface area contributed by atoms with E-state index in [9.17, 15) is 14.7 Å². The van der Waals surface area contributed by atoms with Crippen LogP contribution in [0.3, 0.4) is 0 Å². The van der Waals surface area contributed by atoms with E-state index in [0.29, 0.717) is 17.6 Å². The summed E-state index contributed by atoms with van der Waals surface area (Å²) in [7, 11) is 1.58. The molecule has 0 unspecified atom stereocenters. The first-order chi connectivity index (χ1) is 10.0. The number of nitrogens with one attached hydrogen (secondary N) is 1. The first-order valence-corrected chi connectivity index (χ1v) is 7.41. The maximum atomic E-state index is 12.3. The number of aromatic carboxylic acids is 1. The number of carboxylic acid groups (broad SMARTS) is 1. The Morgan fingerprint density at radius 2 is 2.19 bits per heavy atom. The summed E-state index contributed by atoms with van der Waals surface area (Å²) in [5.41, 5.74) is 0.346. The largest absolute Gasteiger partial charge is 0.478 e. The van der Waals surface area contributed by atoms with Crippen molar-refractivity contribution >= 4 is 33.6 Å². The van der Waals surface area contributed by atoms with Crippen molar-refractivity contribution in [2.45, 2.75) is 18.9 Å². The zero-order chi connectivity index (χ0) is 15.4. The number of nitrogens with zero attached hydrogens (tertiary/aromatic N) is 1. The molecule has 1 aromatic carbocycles. The second-order valence-electron chi connectivity index (χ2n) is 4.84. The third-order valence-electron chi connectivity index (χ3n) is 3.24. The van der Waals surface area contributed by atoms with Crippen molar-refractivity contribution in [3.05, 3.63) is 28.2 Å². The van der Waals surface area contributed by atoms with Gasteiger partial charge in [-0.25, -0.2) is 9.59 Å². The van der Waals surface area contributed by atoms with E-state index in [-0.39, 0.29) is 23.3 Å². The Morgan fingerprint density at radius 3 is 2.76 bits per heavy atom. The fourth-order valence-electron chi connectivity index (χ4n) is 2.02. The van der Waals surface area contributed by atoms with Gasteiger partial charge in [0.15, 0.2) is 0 Å². The first-order valence-electron chi connectivity index (χ1n) is 6.62. The molecule has 0 heterocycles. The second-order valence-corrected chi connectivity index (χ2v) is 5.76. The third-order valence-corrected chi connectivity index (χ3v) is 3.73. The summed E-state index contributed by atoms with van der Waals surface area (Å²) in [5.74, 6) is -1.08. The fraction of sp³-hybridized carbons (Fsp3) is 0.429. The van der Waals surface area contributed by atoms with Crippen LogP contribution in [0.1, 0.15) is 23.2 Å². The first kappa shape index (κ1) is 15.8. The third kappa shape index (κ3) is 4.18. The normalized spacial score (nSPS) is 13.8. The molecule has 21 heavy (non-hydrogen) atoms. The number of urea groups is 1. The van der Waals surface area contributed by atoms with E-state index in [4.69, 9.17) is 4.74 Å². The number of hydrogen-bond donors (Lipinski definition) is 2. The smallest absolute Gasteiger partial charge is 0.337 e. The topological polar surface area (TPSA) is 78.9 Å². The van der Waals surface area contributed by atoms with Gasteiger partial charge in [-0.1, -0.05) is 15.9 Å². The highest BCUT2D eigenvalue weighted by Gasteiger charge is 2.32. The molecule has 1 aliphatic carbocycles. The number of carbonyl (C=O) groups is 2. The van der Waals surface area contributed by atoms with Crippen molar-refractivity contribution < 1.29 is 19.4 Å². The Kier molecular flexibility index (Phi) is 5.19. The van der Waals surface area contributed by atoms with Crippen molar-refractivity contribution in [2.75, 3.05) is 25.6 Å². The van der Waals surface area contributed by atoms with E-state index in [1.807, 2.05) is 0 Å². The van der Waals surface area contributed by atoms with Crippen LogP contribution in [-0.2, 0) is 4.74 Å². The minimum atomic E-state index is -1.08. The molecule has 2 rings (SSSR count). The van der Waals surface area contributed by atoms with Crippen LogP contribution in [0.5, 0.6) is 0 Å². The molecule has 0 aliphatic heterocycles. The Bertz CT molecular complexity index is 546. The maximum absolute atomic E-state index is 12.3. The number of hydrogen-bond acceptors (Lipinski definition) is 3. The van der Waals surface area contributed by atoms with Gasteiger partial charge in [-0.15, -0.1) is 0 Å². The van der Waals surface area contributed by atoms with Crippen LogP contribution >= 0.6 is 15.9 Å². The number of anilines is 1. The van der Waals surface area contributed by atoms with Gasteiger partial charge in [-0.3, -0.25) is 0 Å². The van der Waals surface area contributed by atoms with Gasteiger partial charge in [0.2, 0.25) is 0 Å². The summed E-state index contributed by atoms with van der Waals surface area (Å²) < 4.78 is 5.71. The molecule has 0 aromatic heterocycles. The summed E-state index contributed by atoms with van der Waals surface area (Å²) in [6.45, 7) is 0.942. The second kappa shape index (κ2) is 6.91. The molecule has 0 bridgehead atoms. The average Bonchev–Trinajstić information content (AvgIpc) is 3.23. The van der Waals surface area contributed by atoms with Crippen molar-refractivity contribution in [3.8, 4) is 0 Å². The average molecular weight is 357 g/mol. The Morgan fingerprint density at radius 1 is 1.48 bits per heavy atom. The SMILES string of the molecule is COCCN(C(=O)Nc1cc(Br)ccc1C(=O)O)C1CC1. The Hall–Kier alpha value is -1.60. The minimum absolute atomic E-state index is 0.0639. The van der Waals surface area contributed by atoms with E-state index < -0.39 is 5.97 Å². The molecule has 0 radical (unpaired) electrons. The molecule has 1 aliphatic rings. The molecular formula is C14H17BrN2O4. The van der Waals surface area contributed by atoms with Gasteiger partial charge in [0.1, 0.15) is 0 Å². The van der Waals surface area contributed by atoms with Crippen LogP contribution in [0.4, 0.5) is 10.5 Å². The van der Waals surface area contributed by atoms with Crippen LogP contribution in [0, 0.1) is 0 Å². The summed E-state index contributed by atoms with van der Waals surface area (Å²) in [6.07, 6.45) is 1.95. The molecule has 0 atom stereocenters. The van der Waals surface area contributed by atoms with Gasteiger partial charge >= 0.3 is 12.0 Å². The lowest BCUT2D eigenvalue weighted by atomic mass is 10.2. The van der Waals surface area contributed by atoms with Gasteiger partial charge in [0.05, 0.1) is 17.9 Å². The molecule has 2 amide bonds. The molecule has 6 nitrogen and oxygen atoms in total. The molecule has 2 N–H and O–H groups in total. The van der Waals surface area contributed by atoms with E-state index in [1.54, 1.807) is 24.1 Å². The van der Waals surface area contributed by atoms with Crippen LogP contribution in [0.15, 0.2) is 22.7 Å². The highest BCUT2D eigenvalue weighted by molar-refractivity contribution is 9.10. The minimum Gasteiger partial charge on any atom is -0.478 e. The van der Waals surface area contributed by atoms with Crippen LogP contribution < -0.4 is 5.32 Å². The Balaban J connectivity index is 2.13. The van der Waals surface area contributed by atoms with Crippen LogP contribution in [-0.4, -0.2) is 48.3 Å². The fourth-order valence-corrected chi connectivity index (χ4v) is 2.38. The summed E-state index contributed by atoms with van der Waals surface area (Å²) in [5, 5.41) is 11.9. The lowest BCUT2D eigenvalue weighted by Crippen LogP contribution is -2.39. The predicted octanol–water partition coefficient (Wildman–Crippen LogP) is 2.79. The monoisotopic (exact) mass is 356 g/mol. The number of carbonyl (C=O) groups excluding carboxylic acids is 1. The molecule has 114 valence electrons. The number of ether oxygens (including phenoxy) is 1. The molecule has 0 saturated heterocycles. The molecule has 7 heteroatoms. The number of carboxylic acids is 1. The summed E-state index contributed by atoms with van der Waals surface area (Å²) in [4.78, 5) is 25.2. The van der Waals surface area contributed by atoms with Crippen molar-refractivity contribution in [1.82, 2.24) is 4.90 Å². The van der Waals surface area contributed by atoms with Gasteiger partial charge in [-0.05, 0) is 31.0 Å². The van der Waals surface area contributed by atoms with Gasteiger partial charge in [0, 0.05) is 24.2 Å². The van der Waals surface area contributed by atoms with Crippen molar-refractivity contribution in [1.29, 1.82) is 0 Å². The van der Waals surface area contributed by atoms with Gasteiger partial charge in [0.25, 0.3) is 0 Å². The standard InChI is InChI=1S/C14H17BrN2O4/c1-21-7-6-17(10-3-4-10)14(20)16-12-8-9(15)2-5-11(12)13(18)19/h2,5,8,10H,3-4,6-7H2,1H3,(H,16,20)(H,18,19). The van der Waals surface area contributed by atoms with E-state index in [0.717, 1.165) is 12.8 Å². The highest BCUT2D eigenvalue weighted by atomic mass is 79.9. The molecular weight excluding hydrogens is 340 g/mol. The van der Waals surface area contributed by atoms with Gasteiger partial charge < -0.3 is 20.1 Å². The zero-order valence-corrected chi connectivity index (χ0v) is 13.2. The molecule has 1 saturated carbocycles. The number of amides is 2. The number of benzene rings is 1. The zero-order valence-electron chi connectivity index (χ0n) is 11.6. The van der Waals surface area contributed by atoms with E-state index >= 15 is 0 Å². The summed E-state index contributed by atoms with van der Waals surface area (Å²) >= 11 is 3.28. The van der Waals surface area contributed by atoms with E-state index in [2.05, 4.69) is 21.2 Å². The highest BCUT2D eigenvalue weighted by Crippen LogP contribution is 2.28. The van der Waals surface area contributed by atoms with Gasteiger partial charge in [-0.2, -0.15) is 0 Å². The quantitative estimate of drug-likeness (QED) is 0.821. The Labute approximate surface area is 131 Å². The van der Waals surface area contributed by atoms with E-state index in [1.165, 1.54) is 6.07 Å².